The third-order valence-corrected chi connectivity index (χ3v) is 2.97. The first-order chi connectivity index (χ1) is 10.1. The topological polar surface area (TPSA) is 50.7 Å². The van der Waals surface area contributed by atoms with Crippen molar-refractivity contribution in [2.75, 3.05) is 12.4 Å². The molecule has 2 rings (SSSR count). The Morgan fingerprint density at radius 1 is 1.10 bits per heavy atom. The van der Waals surface area contributed by atoms with E-state index in [4.69, 9.17) is 9.47 Å². The highest BCUT2D eigenvalue weighted by Crippen LogP contribution is 2.26. The Morgan fingerprint density at radius 2 is 1.81 bits per heavy atom. The zero-order chi connectivity index (χ0) is 15.2. The van der Waals surface area contributed by atoms with Crippen LogP contribution in [0.25, 0.3) is 0 Å². The van der Waals surface area contributed by atoms with Gasteiger partial charge in [0, 0.05) is 12.2 Å². The van der Waals surface area contributed by atoms with Crippen molar-refractivity contribution in [2.45, 2.75) is 26.5 Å². The van der Waals surface area contributed by atoms with E-state index < -0.39 is 0 Å². The van der Waals surface area contributed by atoms with Crippen LogP contribution in [-0.4, -0.2) is 18.3 Å². The zero-order valence-electron chi connectivity index (χ0n) is 12.6. The van der Waals surface area contributed by atoms with E-state index >= 15 is 0 Å². The lowest BCUT2D eigenvalue weighted by atomic mass is 10.2. The van der Waals surface area contributed by atoms with Gasteiger partial charge in [0.25, 0.3) is 0 Å². The number of anilines is 1. The minimum atomic E-state index is 0.149. The van der Waals surface area contributed by atoms with Gasteiger partial charge in [0.1, 0.15) is 5.75 Å². The van der Waals surface area contributed by atoms with Crippen LogP contribution in [0.1, 0.15) is 19.4 Å². The Hall–Kier alpha value is -2.36. The molecular weight excluding hydrogens is 266 g/mol. The van der Waals surface area contributed by atoms with Crippen LogP contribution < -0.4 is 14.8 Å². The molecule has 2 N–H and O–H groups in total. The highest BCUT2D eigenvalue weighted by Gasteiger charge is 2.03. The second-order valence-electron chi connectivity index (χ2n) is 5.05. The molecule has 2 aromatic carbocycles. The number of hydrogen-bond acceptors (Lipinski definition) is 4. The minimum Gasteiger partial charge on any atom is -0.504 e. The lowest BCUT2D eigenvalue weighted by Gasteiger charge is -2.12. The summed E-state index contributed by atoms with van der Waals surface area (Å²) in [7, 11) is 1.54. The molecule has 0 bridgehead atoms. The average Bonchev–Trinajstić information content (AvgIpc) is 2.47. The summed E-state index contributed by atoms with van der Waals surface area (Å²) in [5.41, 5.74) is 2.05. The molecule has 4 heteroatoms. The molecule has 0 unspecified atom stereocenters. The fraction of sp³-hybridized carbons (Fsp3) is 0.294. The van der Waals surface area contributed by atoms with E-state index in [0.29, 0.717) is 12.3 Å². The number of hydrogen-bond donors (Lipinski definition) is 2. The number of methoxy groups -OCH3 is 1. The molecule has 0 aliphatic carbocycles. The highest BCUT2D eigenvalue weighted by atomic mass is 16.5. The second kappa shape index (κ2) is 6.88. The van der Waals surface area contributed by atoms with Gasteiger partial charge >= 0.3 is 0 Å². The number of phenols is 1. The van der Waals surface area contributed by atoms with Crippen molar-refractivity contribution < 1.29 is 14.6 Å². The molecule has 0 aliphatic rings. The maximum Gasteiger partial charge on any atom is 0.160 e. The van der Waals surface area contributed by atoms with Crippen molar-refractivity contribution in [3.05, 3.63) is 48.0 Å². The number of nitrogens with one attached hydrogen (secondary N) is 1. The molecule has 112 valence electrons. The molecule has 0 aromatic heterocycles. The van der Waals surface area contributed by atoms with Gasteiger partial charge in [-0.15, -0.1) is 0 Å². The molecule has 0 radical (unpaired) electrons. The molecule has 4 nitrogen and oxygen atoms in total. The van der Waals surface area contributed by atoms with Crippen LogP contribution in [0.15, 0.2) is 42.5 Å². The van der Waals surface area contributed by atoms with Gasteiger partial charge in [0.05, 0.1) is 13.2 Å². The fourth-order valence-electron chi connectivity index (χ4n) is 1.96. The van der Waals surface area contributed by atoms with Crippen molar-refractivity contribution in [2.24, 2.45) is 0 Å². The fourth-order valence-corrected chi connectivity index (χ4v) is 1.96. The van der Waals surface area contributed by atoms with Crippen molar-refractivity contribution in [1.82, 2.24) is 0 Å². The summed E-state index contributed by atoms with van der Waals surface area (Å²) in [6.07, 6.45) is 0.174. The van der Waals surface area contributed by atoms with Crippen molar-refractivity contribution in [1.29, 1.82) is 0 Å². The summed E-state index contributed by atoms with van der Waals surface area (Å²) in [5, 5.41) is 12.9. The van der Waals surface area contributed by atoms with Crippen LogP contribution in [0.5, 0.6) is 17.2 Å². The Labute approximate surface area is 125 Å². The lowest BCUT2D eigenvalue weighted by molar-refractivity contribution is 0.242. The number of rotatable bonds is 6. The number of phenolic OH excluding ortho intramolecular Hbond substituents is 1. The molecule has 0 aliphatic heterocycles. The molecule has 0 atom stereocenters. The van der Waals surface area contributed by atoms with Crippen LogP contribution in [0, 0.1) is 0 Å². The quantitative estimate of drug-likeness (QED) is 0.848. The Morgan fingerprint density at radius 3 is 2.43 bits per heavy atom. The Balaban J connectivity index is 1.96. The molecule has 0 saturated heterocycles. The zero-order valence-corrected chi connectivity index (χ0v) is 12.6. The van der Waals surface area contributed by atoms with Gasteiger partial charge in [-0.1, -0.05) is 6.07 Å². The van der Waals surface area contributed by atoms with E-state index in [9.17, 15) is 5.11 Å². The van der Waals surface area contributed by atoms with Gasteiger partial charge in [-0.05, 0) is 55.8 Å². The molecule has 0 spiro atoms. The first kappa shape index (κ1) is 15.0. The summed E-state index contributed by atoms with van der Waals surface area (Å²) in [6, 6.07) is 13.2. The van der Waals surface area contributed by atoms with Crippen LogP contribution in [0.4, 0.5) is 5.69 Å². The number of ether oxygens (including phenoxy) is 2. The van der Waals surface area contributed by atoms with E-state index in [0.717, 1.165) is 17.0 Å². The van der Waals surface area contributed by atoms with E-state index in [-0.39, 0.29) is 11.9 Å². The summed E-state index contributed by atoms with van der Waals surface area (Å²) >= 11 is 0. The van der Waals surface area contributed by atoms with Crippen LogP contribution in [-0.2, 0) is 6.54 Å². The average molecular weight is 287 g/mol. The Bertz CT molecular complexity index is 579. The standard InChI is InChI=1S/C17H21NO3/c1-12(2)21-15-7-5-14(6-8-15)18-11-13-4-9-16(19)17(10-13)20-3/h4-10,12,18-19H,11H2,1-3H3. The van der Waals surface area contributed by atoms with Gasteiger partial charge in [0.2, 0.25) is 0 Å². The molecule has 0 fully saturated rings. The van der Waals surface area contributed by atoms with Crippen molar-refractivity contribution in [3.63, 3.8) is 0 Å². The third-order valence-electron chi connectivity index (χ3n) is 2.97. The molecule has 0 saturated carbocycles. The monoisotopic (exact) mass is 287 g/mol. The largest absolute Gasteiger partial charge is 0.504 e. The van der Waals surface area contributed by atoms with Gasteiger partial charge < -0.3 is 19.9 Å². The van der Waals surface area contributed by atoms with E-state index in [1.54, 1.807) is 13.2 Å². The maximum absolute atomic E-state index is 9.56. The van der Waals surface area contributed by atoms with E-state index in [1.807, 2.05) is 50.2 Å². The van der Waals surface area contributed by atoms with Crippen LogP contribution in [0.2, 0.25) is 0 Å². The van der Waals surface area contributed by atoms with Gasteiger partial charge in [-0.3, -0.25) is 0 Å². The molecule has 0 amide bonds. The predicted octanol–water partition coefficient (Wildman–Crippen LogP) is 3.80. The third kappa shape index (κ3) is 4.31. The maximum atomic E-state index is 9.56. The van der Waals surface area contributed by atoms with Gasteiger partial charge in [0.15, 0.2) is 11.5 Å². The summed E-state index contributed by atoms with van der Waals surface area (Å²) in [5.74, 6) is 1.49. The van der Waals surface area contributed by atoms with Gasteiger partial charge in [-0.25, -0.2) is 0 Å². The first-order valence-corrected chi connectivity index (χ1v) is 6.95. The lowest BCUT2D eigenvalue weighted by Crippen LogP contribution is -2.05. The summed E-state index contributed by atoms with van der Waals surface area (Å²) in [6.45, 7) is 4.66. The normalized spacial score (nSPS) is 10.5. The Kier molecular flexibility index (Phi) is 4.93. The van der Waals surface area contributed by atoms with Gasteiger partial charge in [-0.2, -0.15) is 0 Å². The van der Waals surface area contributed by atoms with Crippen LogP contribution >= 0.6 is 0 Å². The van der Waals surface area contributed by atoms with E-state index in [1.165, 1.54) is 0 Å². The summed E-state index contributed by atoms with van der Waals surface area (Å²) in [4.78, 5) is 0. The summed E-state index contributed by atoms with van der Waals surface area (Å²) < 4.78 is 10.7. The molecule has 21 heavy (non-hydrogen) atoms. The minimum absolute atomic E-state index is 0.149. The second-order valence-corrected chi connectivity index (χ2v) is 5.05. The predicted molar refractivity (Wildman–Crippen MR) is 84.2 cm³/mol. The highest BCUT2D eigenvalue weighted by molar-refractivity contribution is 5.48. The smallest absolute Gasteiger partial charge is 0.160 e. The molecular formula is C17H21NO3. The van der Waals surface area contributed by atoms with E-state index in [2.05, 4.69) is 5.32 Å². The number of aromatic hydroxyl groups is 1. The van der Waals surface area contributed by atoms with Crippen molar-refractivity contribution in [3.8, 4) is 17.2 Å². The van der Waals surface area contributed by atoms with Crippen molar-refractivity contribution >= 4 is 5.69 Å². The van der Waals surface area contributed by atoms with Crippen LogP contribution in [0.3, 0.4) is 0 Å². The molecule has 0 heterocycles. The number of benzene rings is 2. The molecule has 2 aromatic rings. The SMILES string of the molecule is COc1cc(CNc2ccc(OC(C)C)cc2)ccc1O. The first-order valence-electron chi connectivity index (χ1n) is 6.95.